The number of nitrogens with zero attached hydrogens (tertiary/aromatic N) is 3. The fourth-order valence-electron chi connectivity index (χ4n) is 1.95. The van der Waals surface area contributed by atoms with Crippen LogP contribution >= 0.6 is 11.6 Å². The summed E-state index contributed by atoms with van der Waals surface area (Å²) in [6.07, 6.45) is 5.01. The number of nitrogens with two attached hydrogens (primary N) is 1. The molecule has 0 unspecified atom stereocenters. The fraction of sp³-hybridized carbons (Fsp3) is 0.0667. The van der Waals surface area contributed by atoms with Gasteiger partial charge in [-0.3, -0.25) is 9.67 Å². The van der Waals surface area contributed by atoms with E-state index in [2.05, 4.69) is 10.1 Å². The van der Waals surface area contributed by atoms with Gasteiger partial charge < -0.3 is 10.5 Å². The van der Waals surface area contributed by atoms with Gasteiger partial charge in [0.15, 0.2) is 0 Å². The minimum absolute atomic E-state index is 0.0595. The van der Waals surface area contributed by atoms with E-state index in [-0.39, 0.29) is 5.69 Å². The summed E-state index contributed by atoms with van der Waals surface area (Å²) >= 11 is 6.33. The molecule has 0 aliphatic heterocycles. The second-order valence-electron chi connectivity index (χ2n) is 4.66. The normalized spacial score (nSPS) is 10.7. The lowest BCUT2D eigenvalue weighted by atomic mass is 10.2. The smallest absolute Gasteiger partial charge is 0.149 e. The molecule has 0 bridgehead atoms. The highest BCUT2D eigenvalue weighted by atomic mass is 35.5. The summed E-state index contributed by atoms with van der Waals surface area (Å²) in [4.78, 5) is 4.24. The average Bonchev–Trinajstić information content (AvgIpc) is 2.91. The van der Waals surface area contributed by atoms with Crippen molar-refractivity contribution in [2.75, 3.05) is 5.73 Å². The van der Waals surface area contributed by atoms with Gasteiger partial charge in [-0.05, 0) is 12.1 Å². The molecule has 3 aromatic rings. The van der Waals surface area contributed by atoms with E-state index in [0.717, 1.165) is 5.56 Å². The van der Waals surface area contributed by atoms with Crippen molar-refractivity contribution in [2.24, 2.45) is 7.05 Å². The van der Waals surface area contributed by atoms with Crippen LogP contribution in [0.3, 0.4) is 0 Å². The maximum atomic E-state index is 13.5. The molecule has 0 saturated heterocycles. The highest BCUT2D eigenvalue weighted by Gasteiger charge is 2.13. The molecule has 0 atom stereocenters. The van der Waals surface area contributed by atoms with E-state index in [1.54, 1.807) is 42.5 Å². The third-order valence-corrected chi connectivity index (χ3v) is 3.40. The zero-order valence-corrected chi connectivity index (χ0v) is 12.4. The van der Waals surface area contributed by atoms with Gasteiger partial charge in [-0.2, -0.15) is 5.10 Å². The molecule has 3 rings (SSSR count). The Kier molecular flexibility index (Phi) is 3.68. The molecule has 0 spiro atoms. The summed E-state index contributed by atoms with van der Waals surface area (Å²) in [5, 5.41) is 4.41. The Hall–Kier alpha value is -2.60. The van der Waals surface area contributed by atoms with Crippen LogP contribution in [0.1, 0.15) is 0 Å². The number of hydrogen-bond acceptors (Lipinski definition) is 4. The van der Waals surface area contributed by atoms with Crippen LogP contribution in [0.15, 0.2) is 42.9 Å². The maximum absolute atomic E-state index is 13.5. The Labute approximate surface area is 131 Å². The molecule has 0 radical (unpaired) electrons. The number of halogens is 2. The minimum Gasteiger partial charge on any atom is -0.456 e. The number of pyridine rings is 1. The van der Waals surface area contributed by atoms with Gasteiger partial charge in [0.25, 0.3) is 0 Å². The number of anilines is 1. The van der Waals surface area contributed by atoms with E-state index in [1.165, 1.54) is 12.1 Å². The average molecular weight is 319 g/mol. The molecule has 112 valence electrons. The number of rotatable bonds is 3. The topological polar surface area (TPSA) is 66.0 Å². The molecular formula is C15H12ClFN4O. The molecular weight excluding hydrogens is 307 g/mol. The van der Waals surface area contributed by atoms with Crippen LogP contribution in [0.5, 0.6) is 11.5 Å². The highest BCUT2D eigenvalue weighted by Crippen LogP contribution is 2.36. The van der Waals surface area contributed by atoms with E-state index < -0.39 is 5.82 Å². The van der Waals surface area contributed by atoms with Gasteiger partial charge in [0.2, 0.25) is 0 Å². The molecule has 5 nitrogen and oxygen atoms in total. The number of aromatic nitrogens is 3. The summed E-state index contributed by atoms with van der Waals surface area (Å²) in [5.41, 5.74) is 6.81. The van der Waals surface area contributed by atoms with Crippen LogP contribution in [0.4, 0.5) is 10.1 Å². The molecule has 0 aliphatic carbocycles. The number of benzene rings is 1. The number of aryl methyl sites for hydroxylation is 1. The van der Waals surface area contributed by atoms with Crippen LogP contribution in [-0.4, -0.2) is 14.8 Å². The molecule has 0 saturated carbocycles. The van der Waals surface area contributed by atoms with Crippen LogP contribution in [0.25, 0.3) is 11.3 Å². The van der Waals surface area contributed by atoms with E-state index in [9.17, 15) is 4.39 Å². The van der Waals surface area contributed by atoms with Crippen molar-refractivity contribution in [1.82, 2.24) is 14.8 Å². The van der Waals surface area contributed by atoms with Crippen molar-refractivity contribution < 1.29 is 9.13 Å². The van der Waals surface area contributed by atoms with Crippen molar-refractivity contribution in [3.05, 3.63) is 53.7 Å². The first-order valence-corrected chi connectivity index (χ1v) is 6.79. The molecule has 22 heavy (non-hydrogen) atoms. The van der Waals surface area contributed by atoms with Gasteiger partial charge in [-0.25, -0.2) is 4.39 Å². The zero-order valence-electron chi connectivity index (χ0n) is 11.6. The van der Waals surface area contributed by atoms with Gasteiger partial charge >= 0.3 is 0 Å². The lowest BCUT2D eigenvalue weighted by Gasteiger charge is -2.10. The van der Waals surface area contributed by atoms with E-state index >= 15 is 0 Å². The predicted molar refractivity (Wildman–Crippen MR) is 82.3 cm³/mol. The standard InChI is InChI=1S/C15H12ClFN4O/c1-21-8-9(7-20-21)15-14(16)13(4-5-19-15)22-10-2-3-12(18)11(17)6-10/h2-8H,18H2,1H3. The van der Waals surface area contributed by atoms with Gasteiger partial charge in [0.05, 0.1) is 17.6 Å². The minimum atomic E-state index is -0.546. The largest absolute Gasteiger partial charge is 0.456 e. The summed E-state index contributed by atoms with van der Waals surface area (Å²) in [5.74, 6) is 0.131. The molecule has 0 fully saturated rings. The quantitative estimate of drug-likeness (QED) is 0.749. The van der Waals surface area contributed by atoms with E-state index in [0.29, 0.717) is 22.2 Å². The maximum Gasteiger partial charge on any atom is 0.149 e. The van der Waals surface area contributed by atoms with E-state index in [4.69, 9.17) is 22.1 Å². The Morgan fingerprint density at radius 2 is 2.14 bits per heavy atom. The summed E-state index contributed by atoms with van der Waals surface area (Å²) in [6, 6.07) is 5.81. The Bertz CT molecular complexity index is 834. The predicted octanol–water partition coefficient (Wildman–Crippen LogP) is 3.65. The number of hydrogen-bond donors (Lipinski definition) is 1. The molecule has 0 aliphatic rings. The third-order valence-electron chi connectivity index (χ3n) is 3.03. The van der Waals surface area contributed by atoms with Crippen LogP contribution in [0.2, 0.25) is 5.02 Å². The fourth-order valence-corrected chi connectivity index (χ4v) is 2.21. The van der Waals surface area contributed by atoms with Crippen molar-refractivity contribution in [1.29, 1.82) is 0 Å². The van der Waals surface area contributed by atoms with Gasteiger partial charge in [-0.15, -0.1) is 0 Å². The second kappa shape index (κ2) is 5.65. The molecule has 0 amide bonds. The molecule has 2 N–H and O–H groups in total. The lowest BCUT2D eigenvalue weighted by molar-refractivity contribution is 0.477. The van der Waals surface area contributed by atoms with Crippen molar-refractivity contribution >= 4 is 17.3 Å². The first-order chi connectivity index (χ1) is 10.5. The zero-order chi connectivity index (χ0) is 15.7. The lowest BCUT2D eigenvalue weighted by Crippen LogP contribution is -1.93. The van der Waals surface area contributed by atoms with Gasteiger partial charge in [0.1, 0.15) is 22.3 Å². The Balaban J connectivity index is 1.96. The summed E-state index contributed by atoms with van der Waals surface area (Å²) < 4.78 is 20.7. The molecule has 1 aromatic carbocycles. The Morgan fingerprint density at radius 3 is 2.82 bits per heavy atom. The summed E-state index contributed by atoms with van der Waals surface area (Å²) in [7, 11) is 1.80. The number of nitrogen functional groups attached to an aromatic ring is 1. The highest BCUT2D eigenvalue weighted by molar-refractivity contribution is 6.34. The van der Waals surface area contributed by atoms with Crippen LogP contribution in [0, 0.1) is 5.82 Å². The first kappa shape index (κ1) is 14.3. The van der Waals surface area contributed by atoms with Crippen molar-refractivity contribution in [2.45, 2.75) is 0 Å². The molecule has 2 aromatic heterocycles. The van der Waals surface area contributed by atoms with Crippen molar-refractivity contribution in [3.8, 4) is 22.8 Å². The van der Waals surface area contributed by atoms with Crippen LogP contribution in [-0.2, 0) is 7.05 Å². The Morgan fingerprint density at radius 1 is 1.32 bits per heavy atom. The first-order valence-electron chi connectivity index (χ1n) is 6.41. The summed E-state index contributed by atoms with van der Waals surface area (Å²) in [6.45, 7) is 0. The molecule has 7 heteroatoms. The third kappa shape index (κ3) is 2.73. The SMILES string of the molecule is Cn1cc(-c2nccc(Oc3ccc(N)c(F)c3)c2Cl)cn1. The van der Waals surface area contributed by atoms with E-state index in [1.807, 2.05) is 0 Å². The van der Waals surface area contributed by atoms with Crippen molar-refractivity contribution in [3.63, 3.8) is 0 Å². The number of ether oxygens (including phenoxy) is 1. The van der Waals surface area contributed by atoms with Gasteiger partial charge in [0, 0.05) is 37.1 Å². The van der Waals surface area contributed by atoms with Gasteiger partial charge in [-0.1, -0.05) is 11.6 Å². The van der Waals surface area contributed by atoms with Crippen LogP contribution < -0.4 is 10.5 Å². The second-order valence-corrected chi connectivity index (χ2v) is 5.04. The monoisotopic (exact) mass is 318 g/mol. The molecule has 2 heterocycles.